The lowest BCUT2D eigenvalue weighted by Crippen LogP contribution is -2.33. The normalized spacial score (nSPS) is 27.9. The Morgan fingerprint density at radius 1 is 1.38 bits per heavy atom. The predicted octanol–water partition coefficient (Wildman–Crippen LogP) is 0.204. The minimum absolute atomic E-state index is 0.606. The van der Waals surface area contributed by atoms with E-state index in [0.717, 1.165) is 38.2 Å². The smallest absolute Gasteiger partial charge is 0.138 e. The van der Waals surface area contributed by atoms with Crippen molar-refractivity contribution in [1.82, 2.24) is 19.7 Å². The summed E-state index contributed by atoms with van der Waals surface area (Å²) in [6, 6.07) is 0. The van der Waals surface area contributed by atoms with Crippen LogP contribution in [0.3, 0.4) is 0 Å². The Hall–Kier alpha value is -0.940. The highest BCUT2D eigenvalue weighted by Gasteiger charge is 2.30. The number of nitrogens with zero attached hydrogens (tertiary/aromatic N) is 4. The standard InChI is InChI=1S/C11H20N4O/c1-14-6-3-4-11(16,5-7-14)8-10-12-9-13-15(10)2/h9,16H,3-8H2,1-2H3. The first-order chi connectivity index (χ1) is 7.59. The molecule has 0 aliphatic carbocycles. The zero-order valence-corrected chi connectivity index (χ0v) is 10.1. The first kappa shape index (κ1) is 11.5. The summed E-state index contributed by atoms with van der Waals surface area (Å²) in [5.74, 6) is 0.868. The molecule has 2 rings (SSSR count). The molecule has 1 aliphatic heterocycles. The number of aliphatic hydroxyl groups is 1. The van der Waals surface area contributed by atoms with Gasteiger partial charge in [0.15, 0.2) is 0 Å². The fourth-order valence-electron chi connectivity index (χ4n) is 2.27. The van der Waals surface area contributed by atoms with E-state index in [9.17, 15) is 5.11 Å². The SMILES string of the molecule is CN1CCCC(O)(Cc2ncnn2C)CC1. The highest BCUT2D eigenvalue weighted by atomic mass is 16.3. The summed E-state index contributed by atoms with van der Waals surface area (Å²) < 4.78 is 1.74. The first-order valence-corrected chi connectivity index (χ1v) is 5.83. The maximum absolute atomic E-state index is 10.6. The van der Waals surface area contributed by atoms with Crippen LogP contribution in [0.2, 0.25) is 0 Å². The molecule has 0 aromatic carbocycles. The summed E-state index contributed by atoms with van der Waals surface area (Å²) in [4.78, 5) is 6.46. The zero-order chi connectivity index (χ0) is 11.6. The molecule has 1 aliphatic rings. The summed E-state index contributed by atoms with van der Waals surface area (Å²) in [5, 5.41) is 14.6. The lowest BCUT2D eigenvalue weighted by Gasteiger charge is -2.25. The van der Waals surface area contributed by atoms with Crippen LogP contribution in [-0.4, -0.2) is 50.5 Å². The van der Waals surface area contributed by atoms with Gasteiger partial charge in [-0.05, 0) is 32.9 Å². The maximum Gasteiger partial charge on any atom is 0.138 e. The number of aryl methyl sites for hydroxylation is 1. The molecular formula is C11H20N4O. The van der Waals surface area contributed by atoms with Crippen LogP contribution >= 0.6 is 0 Å². The van der Waals surface area contributed by atoms with E-state index in [-0.39, 0.29) is 0 Å². The predicted molar refractivity (Wildman–Crippen MR) is 61.0 cm³/mol. The molecule has 90 valence electrons. The van der Waals surface area contributed by atoms with Gasteiger partial charge in [0.05, 0.1) is 5.60 Å². The molecule has 1 saturated heterocycles. The second-order valence-corrected chi connectivity index (χ2v) is 4.86. The van der Waals surface area contributed by atoms with E-state index in [4.69, 9.17) is 0 Å². The van der Waals surface area contributed by atoms with Crippen LogP contribution in [0.4, 0.5) is 0 Å². The minimum Gasteiger partial charge on any atom is -0.389 e. The summed E-state index contributed by atoms with van der Waals surface area (Å²) in [5.41, 5.74) is -0.606. The van der Waals surface area contributed by atoms with Crippen LogP contribution in [-0.2, 0) is 13.5 Å². The Morgan fingerprint density at radius 2 is 2.19 bits per heavy atom. The molecule has 0 bridgehead atoms. The maximum atomic E-state index is 10.6. The van der Waals surface area contributed by atoms with Crippen LogP contribution in [0.5, 0.6) is 0 Å². The van der Waals surface area contributed by atoms with Crippen molar-refractivity contribution in [2.45, 2.75) is 31.3 Å². The van der Waals surface area contributed by atoms with E-state index in [0.29, 0.717) is 6.42 Å². The third-order valence-electron chi connectivity index (χ3n) is 3.43. The molecule has 5 heteroatoms. The molecular weight excluding hydrogens is 204 g/mol. The summed E-state index contributed by atoms with van der Waals surface area (Å²) >= 11 is 0. The van der Waals surface area contributed by atoms with Gasteiger partial charge in [0.1, 0.15) is 12.2 Å². The molecule has 1 unspecified atom stereocenters. The van der Waals surface area contributed by atoms with E-state index in [1.165, 1.54) is 0 Å². The summed E-state index contributed by atoms with van der Waals surface area (Å²) in [7, 11) is 3.97. The van der Waals surface area contributed by atoms with Gasteiger partial charge in [-0.1, -0.05) is 0 Å². The topological polar surface area (TPSA) is 54.2 Å². The summed E-state index contributed by atoms with van der Waals surface area (Å²) in [6.45, 7) is 2.02. The quantitative estimate of drug-likeness (QED) is 0.780. The fourth-order valence-corrected chi connectivity index (χ4v) is 2.27. The molecule has 16 heavy (non-hydrogen) atoms. The van der Waals surface area contributed by atoms with Crippen LogP contribution in [0.25, 0.3) is 0 Å². The average Bonchev–Trinajstić information content (AvgIpc) is 2.53. The Balaban J connectivity index is 2.04. The molecule has 0 spiro atoms. The van der Waals surface area contributed by atoms with Gasteiger partial charge in [-0.2, -0.15) is 5.10 Å². The highest BCUT2D eigenvalue weighted by Crippen LogP contribution is 2.25. The third kappa shape index (κ3) is 2.59. The zero-order valence-electron chi connectivity index (χ0n) is 10.1. The van der Waals surface area contributed by atoms with Gasteiger partial charge in [-0.15, -0.1) is 0 Å². The van der Waals surface area contributed by atoms with Crippen LogP contribution in [0.15, 0.2) is 6.33 Å². The second-order valence-electron chi connectivity index (χ2n) is 4.86. The number of likely N-dealkylation sites (tertiary alicyclic amines) is 1. The van der Waals surface area contributed by atoms with E-state index in [2.05, 4.69) is 22.0 Å². The molecule has 1 aromatic rings. The minimum atomic E-state index is -0.606. The molecule has 2 heterocycles. The molecule has 0 amide bonds. The largest absolute Gasteiger partial charge is 0.389 e. The van der Waals surface area contributed by atoms with Gasteiger partial charge in [0, 0.05) is 20.0 Å². The first-order valence-electron chi connectivity index (χ1n) is 5.83. The van der Waals surface area contributed by atoms with Gasteiger partial charge >= 0.3 is 0 Å². The van der Waals surface area contributed by atoms with Crippen molar-refractivity contribution < 1.29 is 5.11 Å². The van der Waals surface area contributed by atoms with Crippen molar-refractivity contribution in [1.29, 1.82) is 0 Å². The Kier molecular flexibility index (Phi) is 3.25. The molecule has 0 saturated carbocycles. The number of aromatic nitrogens is 3. The van der Waals surface area contributed by atoms with Gasteiger partial charge < -0.3 is 10.0 Å². The van der Waals surface area contributed by atoms with Crippen molar-refractivity contribution in [3.63, 3.8) is 0 Å². The average molecular weight is 224 g/mol. The van der Waals surface area contributed by atoms with E-state index >= 15 is 0 Å². The fraction of sp³-hybridized carbons (Fsp3) is 0.818. The Morgan fingerprint density at radius 3 is 2.88 bits per heavy atom. The molecule has 1 atom stereocenters. The van der Waals surface area contributed by atoms with Gasteiger partial charge in [0.25, 0.3) is 0 Å². The van der Waals surface area contributed by atoms with E-state index < -0.39 is 5.60 Å². The van der Waals surface area contributed by atoms with Gasteiger partial charge in [-0.25, -0.2) is 4.98 Å². The van der Waals surface area contributed by atoms with E-state index in [1.54, 1.807) is 11.0 Å². The lowest BCUT2D eigenvalue weighted by molar-refractivity contribution is 0.0236. The van der Waals surface area contributed by atoms with Crippen LogP contribution in [0, 0.1) is 0 Å². The number of rotatable bonds is 2. The highest BCUT2D eigenvalue weighted by molar-refractivity contribution is 4.95. The van der Waals surface area contributed by atoms with Gasteiger partial charge in [0.2, 0.25) is 0 Å². The molecule has 5 nitrogen and oxygen atoms in total. The Labute approximate surface area is 96.1 Å². The number of hydrogen-bond donors (Lipinski definition) is 1. The lowest BCUT2D eigenvalue weighted by atomic mass is 9.91. The molecule has 1 aromatic heterocycles. The van der Waals surface area contributed by atoms with Crippen LogP contribution in [0.1, 0.15) is 25.1 Å². The Bertz CT molecular complexity index is 352. The number of hydrogen-bond acceptors (Lipinski definition) is 4. The molecule has 1 fully saturated rings. The van der Waals surface area contributed by atoms with Crippen molar-refractivity contribution in [2.75, 3.05) is 20.1 Å². The van der Waals surface area contributed by atoms with Crippen molar-refractivity contribution in [3.8, 4) is 0 Å². The summed E-state index contributed by atoms with van der Waals surface area (Å²) in [6.07, 6.45) is 4.87. The molecule has 1 N–H and O–H groups in total. The third-order valence-corrected chi connectivity index (χ3v) is 3.43. The van der Waals surface area contributed by atoms with E-state index in [1.807, 2.05) is 7.05 Å². The van der Waals surface area contributed by atoms with Crippen molar-refractivity contribution in [2.24, 2.45) is 7.05 Å². The molecule has 0 radical (unpaired) electrons. The van der Waals surface area contributed by atoms with Crippen molar-refractivity contribution >= 4 is 0 Å². The second kappa shape index (κ2) is 4.51. The van der Waals surface area contributed by atoms with Crippen LogP contribution < -0.4 is 0 Å². The van der Waals surface area contributed by atoms with Gasteiger partial charge in [-0.3, -0.25) is 4.68 Å². The monoisotopic (exact) mass is 224 g/mol. The van der Waals surface area contributed by atoms with Crippen molar-refractivity contribution in [3.05, 3.63) is 12.2 Å².